The van der Waals surface area contributed by atoms with E-state index in [1.54, 1.807) is 0 Å². The molecular formula is C15H26N4. The number of likely N-dealkylation sites (tertiary alicyclic amines) is 1. The summed E-state index contributed by atoms with van der Waals surface area (Å²) in [5.41, 5.74) is 7.94. The van der Waals surface area contributed by atoms with Gasteiger partial charge in [-0.05, 0) is 57.2 Å². The van der Waals surface area contributed by atoms with Gasteiger partial charge in [-0.2, -0.15) is 0 Å². The van der Waals surface area contributed by atoms with Crippen LogP contribution in [0.1, 0.15) is 31.0 Å². The van der Waals surface area contributed by atoms with Gasteiger partial charge in [0, 0.05) is 25.3 Å². The molecule has 2 heterocycles. The van der Waals surface area contributed by atoms with Gasteiger partial charge in [-0.15, -0.1) is 0 Å². The maximum Gasteiger partial charge on any atom is 0.0542 e. The van der Waals surface area contributed by atoms with E-state index in [1.807, 2.05) is 6.20 Å². The van der Waals surface area contributed by atoms with Crippen molar-refractivity contribution in [2.24, 2.45) is 5.73 Å². The van der Waals surface area contributed by atoms with Gasteiger partial charge < -0.3 is 10.6 Å². The van der Waals surface area contributed by atoms with Crippen molar-refractivity contribution < 1.29 is 0 Å². The van der Waals surface area contributed by atoms with Crippen LogP contribution in [0.15, 0.2) is 18.3 Å². The average Bonchev–Trinajstić information content (AvgIpc) is 2.47. The Hall–Kier alpha value is -0.970. The molecule has 2 N–H and O–H groups in total. The zero-order valence-electron chi connectivity index (χ0n) is 12.2. The summed E-state index contributed by atoms with van der Waals surface area (Å²) in [4.78, 5) is 9.25. The first kappa shape index (κ1) is 14.4. The van der Waals surface area contributed by atoms with Gasteiger partial charge >= 0.3 is 0 Å². The van der Waals surface area contributed by atoms with Gasteiger partial charge in [-0.1, -0.05) is 6.92 Å². The van der Waals surface area contributed by atoms with Crippen LogP contribution >= 0.6 is 0 Å². The van der Waals surface area contributed by atoms with E-state index in [2.05, 4.69) is 40.9 Å². The molecule has 0 spiro atoms. The van der Waals surface area contributed by atoms with Gasteiger partial charge in [-0.25, -0.2) is 0 Å². The number of rotatable bonds is 5. The molecule has 1 fully saturated rings. The van der Waals surface area contributed by atoms with Crippen LogP contribution in [0.25, 0.3) is 0 Å². The minimum atomic E-state index is 0.520. The van der Waals surface area contributed by atoms with Crippen molar-refractivity contribution in [3.63, 3.8) is 0 Å². The lowest BCUT2D eigenvalue weighted by atomic mass is 10.0. The van der Waals surface area contributed by atoms with Crippen LogP contribution in [0.5, 0.6) is 0 Å². The molecule has 1 aromatic heterocycles. The van der Waals surface area contributed by atoms with Crippen molar-refractivity contribution in [3.8, 4) is 0 Å². The molecular weight excluding hydrogens is 236 g/mol. The normalized spacial score (nSPS) is 18.1. The van der Waals surface area contributed by atoms with Crippen LogP contribution in [-0.4, -0.2) is 47.5 Å². The number of aromatic nitrogens is 1. The Morgan fingerprint density at radius 2 is 2.16 bits per heavy atom. The number of hydrogen-bond acceptors (Lipinski definition) is 4. The Balaban J connectivity index is 1.88. The number of piperidine rings is 1. The summed E-state index contributed by atoms with van der Waals surface area (Å²) in [6, 6.07) is 4.92. The van der Waals surface area contributed by atoms with Gasteiger partial charge in [-0.3, -0.25) is 9.88 Å². The summed E-state index contributed by atoms with van der Waals surface area (Å²) in [5.74, 6) is 0. The Kier molecular flexibility index (Phi) is 5.31. The lowest BCUT2D eigenvalue weighted by Crippen LogP contribution is -2.42. The molecule has 4 nitrogen and oxygen atoms in total. The average molecular weight is 262 g/mol. The van der Waals surface area contributed by atoms with E-state index in [1.165, 1.54) is 38.0 Å². The lowest BCUT2D eigenvalue weighted by Gasteiger charge is -2.36. The van der Waals surface area contributed by atoms with Gasteiger partial charge in [0.1, 0.15) is 0 Å². The second kappa shape index (κ2) is 6.98. The molecule has 0 aliphatic carbocycles. The fraction of sp³-hybridized carbons (Fsp3) is 0.667. The Morgan fingerprint density at radius 3 is 2.79 bits per heavy atom. The zero-order chi connectivity index (χ0) is 13.7. The molecule has 4 heteroatoms. The summed E-state index contributed by atoms with van der Waals surface area (Å²) in [6.07, 6.45) is 4.42. The third kappa shape index (κ3) is 4.00. The van der Waals surface area contributed by atoms with Crippen molar-refractivity contribution in [2.75, 3.05) is 26.7 Å². The first-order valence-corrected chi connectivity index (χ1v) is 7.29. The van der Waals surface area contributed by atoms with Crippen LogP contribution in [0.4, 0.5) is 0 Å². The first-order chi connectivity index (χ1) is 9.22. The summed E-state index contributed by atoms with van der Waals surface area (Å²) < 4.78 is 0. The van der Waals surface area contributed by atoms with Crippen molar-refractivity contribution >= 4 is 0 Å². The highest BCUT2D eigenvalue weighted by atomic mass is 15.2. The molecule has 0 amide bonds. The maximum atomic E-state index is 5.64. The number of nitrogens with two attached hydrogens (primary N) is 1. The van der Waals surface area contributed by atoms with E-state index >= 15 is 0 Å². The van der Waals surface area contributed by atoms with Gasteiger partial charge in [0.25, 0.3) is 0 Å². The van der Waals surface area contributed by atoms with Crippen LogP contribution in [0, 0.1) is 0 Å². The number of pyridine rings is 1. The molecule has 0 aromatic carbocycles. The highest BCUT2D eigenvalue weighted by molar-refractivity contribution is 5.16. The third-order valence-corrected chi connectivity index (χ3v) is 4.15. The van der Waals surface area contributed by atoms with Crippen LogP contribution < -0.4 is 5.73 Å². The highest BCUT2D eigenvalue weighted by Gasteiger charge is 2.21. The smallest absolute Gasteiger partial charge is 0.0542 e. The van der Waals surface area contributed by atoms with Crippen molar-refractivity contribution in [3.05, 3.63) is 29.6 Å². The van der Waals surface area contributed by atoms with Crippen LogP contribution in [0.2, 0.25) is 0 Å². The predicted molar refractivity (Wildman–Crippen MR) is 78.7 cm³/mol. The SMILES string of the molecule is CCN1CCC(N(C)Cc2ccnc(CN)c2)CC1. The van der Waals surface area contributed by atoms with Crippen LogP contribution in [-0.2, 0) is 13.1 Å². The summed E-state index contributed by atoms with van der Waals surface area (Å²) in [7, 11) is 2.23. The fourth-order valence-electron chi connectivity index (χ4n) is 2.83. The molecule has 2 rings (SSSR count). The largest absolute Gasteiger partial charge is 0.325 e. The second-order valence-corrected chi connectivity index (χ2v) is 5.44. The summed E-state index contributed by atoms with van der Waals surface area (Å²) in [5, 5.41) is 0. The van der Waals surface area contributed by atoms with E-state index in [4.69, 9.17) is 5.73 Å². The van der Waals surface area contributed by atoms with Crippen LogP contribution in [0.3, 0.4) is 0 Å². The molecule has 0 unspecified atom stereocenters. The minimum Gasteiger partial charge on any atom is -0.325 e. The first-order valence-electron chi connectivity index (χ1n) is 7.29. The molecule has 1 saturated heterocycles. The standard InChI is InChI=1S/C15H26N4/c1-3-19-8-5-15(6-9-19)18(2)12-13-4-7-17-14(10-13)11-16/h4,7,10,15H,3,5-6,8-9,11-12,16H2,1-2H3. The minimum absolute atomic E-state index is 0.520. The van der Waals surface area contributed by atoms with Gasteiger partial charge in [0.2, 0.25) is 0 Å². The third-order valence-electron chi connectivity index (χ3n) is 4.15. The quantitative estimate of drug-likeness (QED) is 0.872. The van der Waals surface area contributed by atoms with Crippen molar-refractivity contribution in [1.29, 1.82) is 0 Å². The molecule has 0 radical (unpaired) electrons. The monoisotopic (exact) mass is 262 g/mol. The molecule has 0 bridgehead atoms. The fourth-order valence-corrected chi connectivity index (χ4v) is 2.83. The van der Waals surface area contributed by atoms with E-state index in [9.17, 15) is 0 Å². The maximum absolute atomic E-state index is 5.64. The van der Waals surface area contributed by atoms with Crippen molar-refractivity contribution in [2.45, 2.75) is 38.9 Å². The van der Waals surface area contributed by atoms with E-state index in [-0.39, 0.29) is 0 Å². The van der Waals surface area contributed by atoms with Gasteiger partial charge in [0.15, 0.2) is 0 Å². The van der Waals surface area contributed by atoms with E-state index in [0.717, 1.165) is 12.2 Å². The molecule has 1 aliphatic heterocycles. The number of hydrogen-bond donors (Lipinski definition) is 1. The second-order valence-electron chi connectivity index (χ2n) is 5.44. The van der Waals surface area contributed by atoms with Crippen molar-refractivity contribution in [1.82, 2.24) is 14.8 Å². The predicted octanol–water partition coefficient (Wildman–Crippen LogP) is 1.46. The molecule has 0 atom stereocenters. The van der Waals surface area contributed by atoms with E-state index < -0.39 is 0 Å². The molecule has 1 aromatic rings. The van der Waals surface area contributed by atoms with E-state index in [0.29, 0.717) is 12.6 Å². The zero-order valence-corrected chi connectivity index (χ0v) is 12.2. The Morgan fingerprint density at radius 1 is 1.42 bits per heavy atom. The Labute approximate surface area is 116 Å². The number of nitrogens with zero attached hydrogens (tertiary/aromatic N) is 3. The molecule has 106 valence electrons. The Bertz CT molecular complexity index is 385. The topological polar surface area (TPSA) is 45.4 Å². The lowest BCUT2D eigenvalue weighted by molar-refractivity contribution is 0.127. The highest BCUT2D eigenvalue weighted by Crippen LogP contribution is 2.17. The summed E-state index contributed by atoms with van der Waals surface area (Å²) in [6.45, 7) is 7.40. The summed E-state index contributed by atoms with van der Waals surface area (Å²) >= 11 is 0. The molecule has 0 saturated carbocycles. The molecule has 1 aliphatic rings. The van der Waals surface area contributed by atoms with Gasteiger partial charge in [0.05, 0.1) is 5.69 Å². The molecule has 19 heavy (non-hydrogen) atoms.